The Kier molecular flexibility index (Phi) is 9.93. The number of hydrogen-bond acceptors (Lipinski definition) is 4. The largest absolute Gasteiger partial charge is 0.490 e. The maximum atomic E-state index is 12.7. The third kappa shape index (κ3) is 6.57. The van der Waals surface area contributed by atoms with E-state index < -0.39 is 0 Å². The molecule has 0 spiro atoms. The van der Waals surface area contributed by atoms with Crippen LogP contribution in [0.3, 0.4) is 0 Å². The molecule has 8 heteroatoms. The predicted octanol–water partition coefficient (Wildman–Crippen LogP) is 3.05. The summed E-state index contributed by atoms with van der Waals surface area (Å²) < 4.78 is 5.79. The zero-order valence-electron chi connectivity index (χ0n) is 15.2. The SMILES string of the molecule is C[C@@H](NC(=O)N1CCNC[C@@H]1COc1cccnc1)c1ccccc1.Cl.Cl. The van der Waals surface area contributed by atoms with Crippen molar-refractivity contribution < 1.29 is 9.53 Å². The standard InChI is InChI=1S/C19H24N4O2.2ClH/c1-15(16-6-3-2-4-7-16)22-19(24)23-11-10-21-12-17(23)14-25-18-8-5-9-20-13-18;;/h2-9,13,15,17,21H,10-12,14H2,1H3,(H,22,24);2*1H/t15-,17-;;/m1../s1. The zero-order valence-corrected chi connectivity index (χ0v) is 16.8. The van der Waals surface area contributed by atoms with E-state index in [1.807, 2.05) is 54.3 Å². The third-order valence-electron chi connectivity index (χ3n) is 4.33. The van der Waals surface area contributed by atoms with Crippen LogP contribution in [-0.4, -0.2) is 48.2 Å². The third-order valence-corrected chi connectivity index (χ3v) is 4.33. The lowest BCUT2D eigenvalue weighted by molar-refractivity contribution is 0.122. The van der Waals surface area contributed by atoms with E-state index in [2.05, 4.69) is 15.6 Å². The molecule has 1 saturated heterocycles. The Bertz CT molecular complexity index is 676. The van der Waals surface area contributed by atoms with Crippen LogP contribution in [0.2, 0.25) is 0 Å². The maximum absolute atomic E-state index is 12.7. The van der Waals surface area contributed by atoms with Gasteiger partial charge < -0.3 is 20.3 Å². The molecule has 27 heavy (non-hydrogen) atoms. The Labute approximate surface area is 172 Å². The maximum Gasteiger partial charge on any atom is 0.318 e. The number of carbonyl (C=O) groups is 1. The molecule has 2 atom stereocenters. The molecule has 1 aliphatic rings. The second-order valence-electron chi connectivity index (χ2n) is 6.13. The molecule has 2 N–H and O–H groups in total. The molecule has 0 radical (unpaired) electrons. The molecular weight excluding hydrogens is 387 g/mol. The van der Waals surface area contributed by atoms with Crippen LogP contribution in [-0.2, 0) is 0 Å². The average molecular weight is 413 g/mol. The number of halogens is 2. The first-order valence-electron chi connectivity index (χ1n) is 8.59. The van der Waals surface area contributed by atoms with Crippen molar-refractivity contribution in [1.82, 2.24) is 20.5 Å². The number of amides is 2. The number of pyridine rings is 1. The summed E-state index contributed by atoms with van der Waals surface area (Å²) in [6, 6.07) is 13.6. The first-order chi connectivity index (χ1) is 12.2. The molecule has 0 aliphatic carbocycles. The second kappa shape index (κ2) is 11.6. The molecule has 3 rings (SSSR count). The molecule has 1 aromatic carbocycles. The fourth-order valence-corrected chi connectivity index (χ4v) is 2.90. The number of piperazine rings is 1. The minimum absolute atomic E-state index is 0. The number of hydrogen-bond donors (Lipinski definition) is 2. The van der Waals surface area contributed by atoms with Crippen LogP contribution in [0, 0.1) is 0 Å². The molecule has 148 valence electrons. The summed E-state index contributed by atoms with van der Waals surface area (Å²) in [5.41, 5.74) is 1.09. The van der Waals surface area contributed by atoms with Crippen LogP contribution in [0.1, 0.15) is 18.5 Å². The monoisotopic (exact) mass is 412 g/mol. The molecule has 1 aliphatic heterocycles. The number of nitrogens with one attached hydrogen (secondary N) is 2. The highest BCUT2D eigenvalue weighted by atomic mass is 35.5. The van der Waals surface area contributed by atoms with Crippen molar-refractivity contribution in [2.24, 2.45) is 0 Å². The van der Waals surface area contributed by atoms with E-state index in [1.165, 1.54) is 0 Å². The van der Waals surface area contributed by atoms with E-state index in [0.717, 1.165) is 12.1 Å². The van der Waals surface area contributed by atoms with Gasteiger partial charge in [0.15, 0.2) is 0 Å². The number of urea groups is 1. The first-order valence-corrected chi connectivity index (χ1v) is 8.59. The zero-order chi connectivity index (χ0) is 17.5. The smallest absolute Gasteiger partial charge is 0.318 e. The Hall–Kier alpha value is -2.02. The molecule has 1 aromatic heterocycles. The van der Waals surface area contributed by atoms with Gasteiger partial charge in [0.1, 0.15) is 12.4 Å². The normalized spacial score (nSPS) is 17.1. The minimum atomic E-state index is -0.0577. The Morgan fingerprint density at radius 2 is 2.07 bits per heavy atom. The van der Waals surface area contributed by atoms with Crippen LogP contribution < -0.4 is 15.4 Å². The van der Waals surface area contributed by atoms with Gasteiger partial charge in [0.2, 0.25) is 0 Å². The summed E-state index contributed by atoms with van der Waals surface area (Å²) >= 11 is 0. The fourth-order valence-electron chi connectivity index (χ4n) is 2.90. The Balaban J connectivity index is 0.00000182. The van der Waals surface area contributed by atoms with Gasteiger partial charge in [0.25, 0.3) is 0 Å². The van der Waals surface area contributed by atoms with Crippen molar-refractivity contribution in [3.8, 4) is 5.75 Å². The number of aromatic nitrogens is 1. The minimum Gasteiger partial charge on any atom is -0.490 e. The highest BCUT2D eigenvalue weighted by Gasteiger charge is 2.28. The molecule has 0 bridgehead atoms. The van der Waals surface area contributed by atoms with Crippen molar-refractivity contribution >= 4 is 30.8 Å². The van der Waals surface area contributed by atoms with Crippen LogP contribution in [0.25, 0.3) is 0 Å². The van der Waals surface area contributed by atoms with Gasteiger partial charge in [-0.15, -0.1) is 24.8 Å². The van der Waals surface area contributed by atoms with Crippen LogP contribution in [0.15, 0.2) is 54.9 Å². The number of nitrogens with zero attached hydrogens (tertiary/aromatic N) is 2. The highest BCUT2D eigenvalue weighted by Crippen LogP contribution is 2.14. The van der Waals surface area contributed by atoms with E-state index in [0.29, 0.717) is 25.4 Å². The van der Waals surface area contributed by atoms with E-state index in [4.69, 9.17) is 4.74 Å². The predicted molar refractivity (Wildman–Crippen MR) is 111 cm³/mol. The van der Waals surface area contributed by atoms with Crippen LogP contribution in [0.4, 0.5) is 4.79 Å². The van der Waals surface area contributed by atoms with Gasteiger partial charge >= 0.3 is 6.03 Å². The van der Waals surface area contributed by atoms with Gasteiger partial charge in [-0.2, -0.15) is 0 Å². The summed E-state index contributed by atoms with van der Waals surface area (Å²) in [6.45, 7) is 4.60. The molecular formula is C19H26Cl2N4O2. The van der Waals surface area contributed by atoms with Gasteiger partial charge in [-0.3, -0.25) is 4.98 Å². The number of benzene rings is 1. The first kappa shape index (κ1) is 23.0. The van der Waals surface area contributed by atoms with E-state index >= 15 is 0 Å². The van der Waals surface area contributed by atoms with E-state index in [1.54, 1.807) is 12.4 Å². The van der Waals surface area contributed by atoms with Crippen molar-refractivity contribution in [1.29, 1.82) is 0 Å². The summed E-state index contributed by atoms with van der Waals surface area (Å²) in [4.78, 5) is 18.6. The lowest BCUT2D eigenvalue weighted by atomic mass is 10.1. The van der Waals surface area contributed by atoms with Gasteiger partial charge in [-0.25, -0.2) is 4.79 Å². The Morgan fingerprint density at radius 1 is 1.30 bits per heavy atom. The summed E-state index contributed by atoms with van der Waals surface area (Å²) in [6.07, 6.45) is 3.39. The molecule has 0 saturated carbocycles. The van der Waals surface area contributed by atoms with Crippen molar-refractivity contribution in [2.75, 3.05) is 26.2 Å². The van der Waals surface area contributed by atoms with E-state index in [-0.39, 0.29) is 42.9 Å². The van der Waals surface area contributed by atoms with Gasteiger partial charge in [-0.05, 0) is 24.6 Å². The Morgan fingerprint density at radius 3 is 2.78 bits per heavy atom. The van der Waals surface area contributed by atoms with Gasteiger partial charge in [0.05, 0.1) is 18.3 Å². The van der Waals surface area contributed by atoms with Gasteiger partial charge in [-0.1, -0.05) is 30.3 Å². The molecule has 1 fully saturated rings. The molecule has 2 amide bonds. The molecule has 6 nitrogen and oxygen atoms in total. The number of carbonyl (C=O) groups excluding carboxylic acids is 1. The highest BCUT2D eigenvalue weighted by molar-refractivity contribution is 5.85. The topological polar surface area (TPSA) is 66.5 Å². The quantitative estimate of drug-likeness (QED) is 0.791. The van der Waals surface area contributed by atoms with Crippen molar-refractivity contribution in [3.63, 3.8) is 0 Å². The summed E-state index contributed by atoms with van der Waals surface area (Å²) in [5, 5.41) is 6.41. The van der Waals surface area contributed by atoms with Crippen molar-refractivity contribution in [2.45, 2.75) is 19.0 Å². The van der Waals surface area contributed by atoms with Crippen LogP contribution in [0.5, 0.6) is 5.75 Å². The average Bonchev–Trinajstić information content (AvgIpc) is 2.68. The summed E-state index contributed by atoms with van der Waals surface area (Å²) in [7, 11) is 0. The molecule has 2 heterocycles. The fraction of sp³-hybridized carbons (Fsp3) is 0.368. The van der Waals surface area contributed by atoms with E-state index in [9.17, 15) is 4.79 Å². The summed E-state index contributed by atoms with van der Waals surface area (Å²) in [5.74, 6) is 0.714. The molecule has 0 unspecified atom stereocenters. The lowest BCUT2D eigenvalue weighted by Gasteiger charge is -2.36. The van der Waals surface area contributed by atoms with Gasteiger partial charge in [0, 0.05) is 25.8 Å². The van der Waals surface area contributed by atoms with Crippen molar-refractivity contribution in [3.05, 3.63) is 60.4 Å². The second-order valence-corrected chi connectivity index (χ2v) is 6.13. The lowest BCUT2D eigenvalue weighted by Crippen LogP contribution is -2.58. The number of ether oxygens (including phenoxy) is 1. The van der Waals surface area contributed by atoms with Crippen LogP contribution >= 0.6 is 24.8 Å². The number of rotatable bonds is 5. The molecule has 2 aromatic rings.